The van der Waals surface area contributed by atoms with Gasteiger partial charge in [-0.3, -0.25) is 0 Å². The number of hydrogen-bond acceptors (Lipinski definition) is 1. The van der Waals surface area contributed by atoms with Gasteiger partial charge in [-0.15, -0.1) is 0 Å². The summed E-state index contributed by atoms with van der Waals surface area (Å²) < 4.78 is 0. The normalized spacial score (nSPS) is 20.3. The molecule has 1 atom stereocenters. The fraction of sp³-hybridized carbons (Fsp3) is 1.00. The molecular formula is C17H35N. The van der Waals surface area contributed by atoms with Crippen molar-refractivity contribution in [3.63, 3.8) is 0 Å². The Hall–Kier alpha value is -0.0400. The molecule has 1 aliphatic carbocycles. The van der Waals surface area contributed by atoms with Gasteiger partial charge in [-0.1, -0.05) is 71.6 Å². The zero-order chi connectivity index (χ0) is 13.1. The van der Waals surface area contributed by atoms with Gasteiger partial charge in [-0.05, 0) is 31.7 Å². The van der Waals surface area contributed by atoms with Crippen molar-refractivity contribution < 1.29 is 0 Å². The van der Waals surface area contributed by atoms with Gasteiger partial charge in [0.25, 0.3) is 0 Å². The summed E-state index contributed by atoms with van der Waals surface area (Å²) in [5, 5.41) is 3.78. The lowest BCUT2D eigenvalue weighted by Crippen LogP contribution is -2.36. The average molecular weight is 253 g/mol. The zero-order valence-corrected chi connectivity index (χ0v) is 12.8. The molecule has 1 fully saturated rings. The van der Waals surface area contributed by atoms with Crippen molar-refractivity contribution in [2.45, 2.75) is 96.9 Å². The molecule has 1 aliphatic rings. The summed E-state index contributed by atoms with van der Waals surface area (Å²) in [4.78, 5) is 0. The highest BCUT2D eigenvalue weighted by Gasteiger charge is 2.20. The van der Waals surface area contributed by atoms with Crippen molar-refractivity contribution in [3.05, 3.63) is 0 Å². The monoisotopic (exact) mass is 253 g/mol. The van der Waals surface area contributed by atoms with Crippen molar-refractivity contribution in [1.82, 2.24) is 5.32 Å². The van der Waals surface area contributed by atoms with Crippen LogP contribution in [0.4, 0.5) is 0 Å². The Morgan fingerprint density at radius 1 is 0.889 bits per heavy atom. The van der Waals surface area contributed by atoms with E-state index in [-0.39, 0.29) is 0 Å². The van der Waals surface area contributed by atoms with Crippen LogP contribution in [0.1, 0.15) is 90.9 Å². The summed E-state index contributed by atoms with van der Waals surface area (Å²) in [5.74, 6) is 0.965. The van der Waals surface area contributed by atoms with E-state index >= 15 is 0 Å². The lowest BCUT2D eigenvalue weighted by atomic mass is 9.83. The van der Waals surface area contributed by atoms with Gasteiger partial charge in [0.15, 0.2) is 0 Å². The van der Waals surface area contributed by atoms with E-state index in [1.165, 1.54) is 77.0 Å². The van der Waals surface area contributed by atoms with Crippen LogP contribution in [0.15, 0.2) is 0 Å². The topological polar surface area (TPSA) is 12.0 Å². The number of rotatable bonds is 8. The lowest BCUT2D eigenvalue weighted by molar-refractivity contribution is 0.271. The first kappa shape index (κ1) is 16.0. The van der Waals surface area contributed by atoms with E-state index in [9.17, 15) is 0 Å². The number of hydrogen-bond donors (Lipinski definition) is 1. The van der Waals surface area contributed by atoms with Gasteiger partial charge in [-0.2, -0.15) is 0 Å². The molecule has 1 heteroatoms. The standard InChI is InChI=1S/C17H35N/c1-3-5-6-12-15-17(18-4-2)16-13-10-8-7-9-11-14-16/h16-18H,3-15H2,1-2H3. The highest BCUT2D eigenvalue weighted by Crippen LogP contribution is 2.27. The Morgan fingerprint density at radius 3 is 2.17 bits per heavy atom. The van der Waals surface area contributed by atoms with Crippen LogP contribution in [0.5, 0.6) is 0 Å². The van der Waals surface area contributed by atoms with E-state index in [0.717, 1.165) is 18.5 Å². The zero-order valence-electron chi connectivity index (χ0n) is 12.8. The van der Waals surface area contributed by atoms with Crippen molar-refractivity contribution in [2.24, 2.45) is 5.92 Å². The Kier molecular flexibility index (Phi) is 9.65. The molecule has 0 amide bonds. The van der Waals surface area contributed by atoms with Crippen LogP contribution in [-0.2, 0) is 0 Å². The van der Waals surface area contributed by atoms with Crippen LogP contribution in [-0.4, -0.2) is 12.6 Å². The predicted molar refractivity (Wildman–Crippen MR) is 82.0 cm³/mol. The molecule has 108 valence electrons. The van der Waals surface area contributed by atoms with Crippen molar-refractivity contribution in [2.75, 3.05) is 6.54 Å². The molecule has 0 aromatic rings. The maximum absolute atomic E-state index is 3.78. The Balaban J connectivity index is 2.31. The maximum atomic E-state index is 3.78. The molecule has 0 spiro atoms. The molecule has 1 nitrogen and oxygen atoms in total. The second kappa shape index (κ2) is 10.8. The van der Waals surface area contributed by atoms with E-state index in [0.29, 0.717) is 0 Å². The number of unbranched alkanes of at least 4 members (excludes halogenated alkanes) is 3. The first-order valence-corrected chi connectivity index (χ1v) is 8.61. The summed E-state index contributed by atoms with van der Waals surface area (Å²) in [6, 6.07) is 0.810. The van der Waals surface area contributed by atoms with Crippen LogP contribution in [0.25, 0.3) is 0 Å². The van der Waals surface area contributed by atoms with Gasteiger partial charge in [0.1, 0.15) is 0 Å². The highest BCUT2D eigenvalue weighted by molar-refractivity contribution is 4.77. The predicted octanol–water partition coefficient (Wildman–Crippen LogP) is 5.30. The molecule has 0 heterocycles. The minimum atomic E-state index is 0.810. The van der Waals surface area contributed by atoms with Gasteiger partial charge >= 0.3 is 0 Å². The molecule has 0 bridgehead atoms. The minimum absolute atomic E-state index is 0.810. The lowest BCUT2D eigenvalue weighted by Gasteiger charge is -2.29. The van der Waals surface area contributed by atoms with Crippen molar-refractivity contribution >= 4 is 0 Å². The van der Waals surface area contributed by atoms with Crippen LogP contribution < -0.4 is 5.32 Å². The molecule has 1 saturated carbocycles. The maximum Gasteiger partial charge on any atom is 0.00952 e. The summed E-state index contributed by atoms with van der Waals surface area (Å²) in [6.07, 6.45) is 17.4. The molecule has 0 aromatic carbocycles. The third-order valence-electron chi connectivity index (χ3n) is 4.55. The molecule has 0 saturated heterocycles. The van der Waals surface area contributed by atoms with E-state index in [1.807, 2.05) is 0 Å². The summed E-state index contributed by atoms with van der Waals surface area (Å²) in [6.45, 7) is 5.72. The van der Waals surface area contributed by atoms with E-state index in [4.69, 9.17) is 0 Å². The third-order valence-corrected chi connectivity index (χ3v) is 4.55. The van der Waals surface area contributed by atoms with Crippen molar-refractivity contribution in [3.8, 4) is 0 Å². The second-order valence-corrected chi connectivity index (χ2v) is 6.12. The number of nitrogens with one attached hydrogen (secondary N) is 1. The van der Waals surface area contributed by atoms with E-state index in [1.54, 1.807) is 0 Å². The largest absolute Gasteiger partial charge is 0.314 e. The molecule has 0 aliphatic heterocycles. The van der Waals surface area contributed by atoms with Gasteiger partial charge in [0.2, 0.25) is 0 Å². The molecule has 0 radical (unpaired) electrons. The van der Waals surface area contributed by atoms with Gasteiger partial charge < -0.3 is 5.32 Å². The average Bonchev–Trinajstić information content (AvgIpc) is 2.33. The second-order valence-electron chi connectivity index (χ2n) is 6.12. The van der Waals surface area contributed by atoms with Crippen LogP contribution in [0.2, 0.25) is 0 Å². The molecule has 1 N–H and O–H groups in total. The first-order chi connectivity index (χ1) is 8.88. The van der Waals surface area contributed by atoms with Gasteiger partial charge in [0, 0.05) is 6.04 Å². The van der Waals surface area contributed by atoms with Gasteiger partial charge in [0.05, 0.1) is 0 Å². The quantitative estimate of drug-likeness (QED) is 0.579. The summed E-state index contributed by atoms with van der Waals surface area (Å²) in [7, 11) is 0. The van der Waals surface area contributed by atoms with Crippen molar-refractivity contribution in [1.29, 1.82) is 0 Å². The third kappa shape index (κ3) is 6.78. The Labute approximate surface area is 115 Å². The van der Waals surface area contributed by atoms with Crippen LogP contribution in [0.3, 0.4) is 0 Å². The molecular weight excluding hydrogens is 218 g/mol. The smallest absolute Gasteiger partial charge is 0.00952 e. The Bertz CT molecular complexity index is 170. The van der Waals surface area contributed by atoms with E-state index < -0.39 is 0 Å². The Morgan fingerprint density at radius 2 is 1.56 bits per heavy atom. The fourth-order valence-electron chi connectivity index (χ4n) is 3.45. The SMILES string of the molecule is CCCCCCC(NCC)C1CCCCCCC1. The van der Waals surface area contributed by atoms with E-state index in [2.05, 4.69) is 19.2 Å². The van der Waals surface area contributed by atoms with Crippen LogP contribution in [0, 0.1) is 5.92 Å². The summed E-state index contributed by atoms with van der Waals surface area (Å²) in [5.41, 5.74) is 0. The van der Waals surface area contributed by atoms with Crippen LogP contribution >= 0.6 is 0 Å². The fourth-order valence-corrected chi connectivity index (χ4v) is 3.45. The first-order valence-electron chi connectivity index (χ1n) is 8.61. The minimum Gasteiger partial charge on any atom is -0.314 e. The highest BCUT2D eigenvalue weighted by atomic mass is 14.9. The summed E-state index contributed by atoms with van der Waals surface area (Å²) >= 11 is 0. The molecule has 1 unspecified atom stereocenters. The molecule has 0 aromatic heterocycles. The molecule has 18 heavy (non-hydrogen) atoms. The van der Waals surface area contributed by atoms with Gasteiger partial charge in [-0.25, -0.2) is 0 Å². The molecule has 1 rings (SSSR count).